The van der Waals surface area contributed by atoms with Crippen LogP contribution in [0.25, 0.3) is 0 Å². The highest BCUT2D eigenvalue weighted by molar-refractivity contribution is 6.32. The number of hydrogen-bond donors (Lipinski definition) is 2. The minimum atomic E-state index is -1.24. The highest BCUT2D eigenvalue weighted by Gasteiger charge is 2.41. The molecule has 0 saturated carbocycles. The molecule has 0 aliphatic carbocycles. The fourth-order valence-electron chi connectivity index (χ4n) is 2.34. The van der Waals surface area contributed by atoms with Gasteiger partial charge in [0.2, 0.25) is 0 Å². The van der Waals surface area contributed by atoms with E-state index in [9.17, 15) is 5.11 Å². The van der Waals surface area contributed by atoms with Gasteiger partial charge in [0.05, 0.1) is 6.54 Å². The van der Waals surface area contributed by atoms with E-state index in [0.717, 1.165) is 5.56 Å². The Bertz CT molecular complexity index is 670. The molecule has 0 saturated heterocycles. The van der Waals surface area contributed by atoms with Crippen LogP contribution in [0.15, 0.2) is 53.6 Å². The number of aliphatic hydroxyl groups is 1. The number of hydrazone groups is 1. The van der Waals surface area contributed by atoms with Crippen LogP contribution in [0.1, 0.15) is 11.1 Å². The first kappa shape index (κ1) is 13.4. The van der Waals surface area contributed by atoms with Gasteiger partial charge < -0.3 is 10.5 Å². The van der Waals surface area contributed by atoms with E-state index in [1.54, 1.807) is 24.3 Å². The van der Waals surface area contributed by atoms with Crippen molar-refractivity contribution < 1.29 is 5.11 Å². The molecule has 0 amide bonds. The van der Waals surface area contributed by atoms with Crippen molar-refractivity contribution in [3.63, 3.8) is 0 Å². The molecule has 1 unspecified atom stereocenters. The first-order valence-electron chi connectivity index (χ1n) is 6.15. The molecule has 3 rings (SSSR count). The minimum Gasteiger partial charge on any atom is -0.377 e. The van der Waals surface area contributed by atoms with Crippen molar-refractivity contribution in [2.45, 2.75) is 5.60 Å². The normalized spacial score (nSPS) is 21.4. The fourth-order valence-corrected chi connectivity index (χ4v) is 2.76. The van der Waals surface area contributed by atoms with E-state index in [-0.39, 0.29) is 6.54 Å². The number of nitrogens with one attached hydrogen (secondary N) is 1. The Hall–Kier alpha value is -1.55. The number of rotatable bonds is 2. The molecule has 1 aliphatic heterocycles. The molecule has 1 atom stereocenters. The van der Waals surface area contributed by atoms with Crippen molar-refractivity contribution in [3.05, 3.63) is 69.7 Å². The first-order valence-corrected chi connectivity index (χ1v) is 6.91. The van der Waals surface area contributed by atoms with Crippen molar-refractivity contribution in [1.29, 1.82) is 0 Å². The van der Waals surface area contributed by atoms with Gasteiger partial charge in [-0.3, -0.25) is 0 Å². The zero-order valence-electron chi connectivity index (χ0n) is 10.5. The maximum Gasteiger partial charge on any atom is 0.154 e. The summed E-state index contributed by atoms with van der Waals surface area (Å²) in [5.41, 5.74) is 3.59. The Morgan fingerprint density at radius 2 is 1.75 bits per heavy atom. The summed E-state index contributed by atoms with van der Waals surface area (Å²) in [6, 6.07) is 14.4. The topological polar surface area (TPSA) is 44.6 Å². The Morgan fingerprint density at radius 1 is 1.05 bits per heavy atom. The van der Waals surface area contributed by atoms with E-state index in [0.29, 0.717) is 21.3 Å². The number of β-amino-alcohol motifs (C(OH)–C–C–N with tert-alkyl or cyclic N) is 1. The highest BCUT2D eigenvalue weighted by Crippen LogP contribution is 2.33. The van der Waals surface area contributed by atoms with E-state index < -0.39 is 5.60 Å². The van der Waals surface area contributed by atoms with E-state index in [4.69, 9.17) is 23.2 Å². The van der Waals surface area contributed by atoms with Crippen LogP contribution in [0.3, 0.4) is 0 Å². The minimum absolute atomic E-state index is 0.286. The Morgan fingerprint density at radius 3 is 2.45 bits per heavy atom. The summed E-state index contributed by atoms with van der Waals surface area (Å²) in [4.78, 5) is 0. The Balaban J connectivity index is 2.08. The summed E-state index contributed by atoms with van der Waals surface area (Å²) in [5, 5.41) is 16.4. The molecule has 3 nitrogen and oxygen atoms in total. The average Bonchev–Trinajstić information content (AvgIpc) is 2.83. The second-order valence-electron chi connectivity index (χ2n) is 4.64. The van der Waals surface area contributed by atoms with E-state index in [1.807, 2.05) is 24.3 Å². The molecule has 1 aliphatic rings. The van der Waals surface area contributed by atoms with E-state index in [1.165, 1.54) is 0 Å². The van der Waals surface area contributed by atoms with Crippen LogP contribution in [0.2, 0.25) is 10.0 Å². The van der Waals surface area contributed by atoms with Crippen LogP contribution in [-0.2, 0) is 5.60 Å². The number of nitrogens with zero attached hydrogens (tertiary/aromatic N) is 1. The monoisotopic (exact) mass is 306 g/mol. The van der Waals surface area contributed by atoms with Crippen molar-refractivity contribution in [2.75, 3.05) is 6.54 Å². The lowest BCUT2D eigenvalue weighted by Gasteiger charge is -2.25. The number of halogens is 2. The van der Waals surface area contributed by atoms with Crippen LogP contribution in [-0.4, -0.2) is 17.4 Å². The second-order valence-corrected chi connectivity index (χ2v) is 5.49. The van der Waals surface area contributed by atoms with Gasteiger partial charge in [-0.1, -0.05) is 53.5 Å². The lowest BCUT2D eigenvalue weighted by Crippen LogP contribution is -2.38. The third kappa shape index (κ3) is 2.18. The lowest BCUT2D eigenvalue weighted by molar-refractivity contribution is 0.123. The summed E-state index contributed by atoms with van der Waals surface area (Å²) < 4.78 is 0. The molecule has 0 spiro atoms. The molecule has 20 heavy (non-hydrogen) atoms. The molecule has 2 N–H and O–H groups in total. The maximum absolute atomic E-state index is 11.0. The van der Waals surface area contributed by atoms with Gasteiger partial charge in [0.1, 0.15) is 5.71 Å². The summed E-state index contributed by atoms with van der Waals surface area (Å²) in [6.07, 6.45) is 0. The molecule has 0 aromatic heterocycles. The molecule has 0 bridgehead atoms. The molecule has 1 heterocycles. The van der Waals surface area contributed by atoms with Crippen LogP contribution >= 0.6 is 23.2 Å². The Kier molecular flexibility index (Phi) is 3.42. The first-order chi connectivity index (χ1) is 9.61. The van der Waals surface area contributed by atoms with Gasteiger partial charge in [-0.05, 0) is 18.2 Å². The molecular formula is C15H12Cl2N2O. The predicted molar refractivity (Wildman–Crippen MR) is 81.3 cm³/mol. The maximum atomic E-state index is 11.0. The molecule has 0 radical (unpaired) electrons. The third-order valence-corrected chi connectivity index (χ3v) is 3.94. The van der Waals surface area contributed by atoms with Crippen molar-refractivity contribution in [1.82, 2.24) is 5.43 Å². The van der Waals surface area contributed by atoms with Crippen LogP contribution in [0.4, 0.5) is 0 Å². The van der Waals surface area contributed by atoms with Crippen LogP contribution < -0.4 is 5.43 Å². The van der Waals surface area contributed by atoms with E-state index in [2.05, 4.69) is 10.5 Å². The van der Waals surface area contributed by atoms with Gasteiger partial charge in [0, 0.05) is 21.2 Å². The fraction of sp³-hybridized carbons (Fsp3) is 0.133. The molecule has 102 valence electrons. The largest absolute Gasteiger partial charge is 0.377 e. The molecule has 2 aromatic rings. The standard InChI is InChI=1S/C15H12Cl2N2O/c16-11-7-5-10(6-8-11)14-15(20,9-18-19-14)12-3-1-2-4-13(12)17/h1-8,18,20H,9H2. The van der Waals surface area contributed by atoms with Gasteiger partial charge >= 0.3 is 0 Å². The quantitative estimate of drug-likeness (QED) is 0.895. The molecule has 5 heteroatoms. The zero-order chi connectivity index (χ0) is 14.2. The summed E-state index contributed by atoms with van der Waals surface area (Å²) in [6.45, 7) is 0.286. The van der Waals surface area contributed by atoms with Crippen molar-refractivity contribution in [2.24, 2.45) is 5.10 Å². The lowest BCUT2D eigenvalue weighted by atomic mass is 9.86. The van der Waals surface area contributed by atoms with Gasteiger partial charge in [-0.15, -0.1) is 0 Å². The smallest absolute Gasteiger partial charge is 0.154 e. The number of hydrogen-bond acceptors (Lipinski definition) is 3. The van der Waals surface area contributed by atoms with Gasteiger partial charge in [-0.25, -0.2) is 0 Å². The van der Waals surface area contributed by atoms with Crippen LogP contribution in [0, 0.1) is 0 Å². The summed E-state index contributed by atoms with van der Waals surface area (Å²) in [7, 11) is 0. The van der Waals surface area contributed by atoms with Gasteiger partial charge in [0.15, 0.2) is 5.60 Å². The molecule has 0 fully saturated rings. The van der Waals surface area contributed by atoms with Crippen LogP contribution in [0.5, 0.6) is 0 Å². The van der Waals surface area contributed by atoms with Gasteiger partial charge in [0.25, 0.3) is 0 Å². The van der Waals surface area contributed by atoms with Crippen molar-refractivity contribution >= 4 is 28.9 Å². The van der Waals surface area contributed by atoms with Crippen molar-refractivity contribution in [3.8, 4) is 0 Å². The average molecular weight is 307 g/mol. The summed E-state index contributed by atoms with van der Waals surface area (Å²) in [5.74, 6) is 0. The summed E-state index contributed by atoms with van der Waals surface area (Å²) >= 11 is 12.1. The SMILES string of the molecule is OC1(c2ccccc2Cl)CNN=C1c1ccc(Cl)cc1. The highest BCUT2D eigenvalue weighted by atomic mass is 35.5. The third-order valence-electron chi connectivity index (χ3n) is 3.35. The Labute approximate surface area is 126 Å². The predicted octanol–water partition coefficient (Wildman–Crippen LogP) is 3.19. The second kappa shape index (κ2) is 5.09. The van der Waals surface area contributed by atoms with E-state index >= 15 is 0 Å². The molecular weight excluding hydrogens is 295 g/mol. The molecule has 2 aromatic carbocycles. The van der Waals surface area contributed by atoms with Gasteiger partial charge in [-0.2, -0.15) is 5.10 Å². The number of benzene rings is 2. The zero-order valence-corrected chi connectivity index (χ0v) is 12.0.